The van der Waals surface area contributed by atoms with E-state index >= 15 is 0 Å². The quantitative estimate of drug-likeness (QED) is 0.674. The molecule has 2 nitrogen and oxygen atoms in total. The first-order valence-corrected chi connectivity index (χ1v) is 6.48. The van der Waals surface area contributed by atoms with Gasteiger partial charge in [-0.05, 0) is 35.9 Å². The van der Waals surface area contributed by atoms with E-state index in [4.69, 9.17) is 10.5 Å². The van der Waals surface area contributed by atoms with Crippen LogP contribution in [0.25, 0.3) is 0 Å². The summed E-state index contributed by atoms with van der Waals surface area (Å²) in [5.41, 5.74) is 6.78. The number of hydrogen-bond donors (Lipinski definition) is 1. The van der Waals surface area contributed by atoms with Crippen LogP contribution in [0.1, 0.15) is 5.56 Å². The highest BCUT2D eigenvalue weighted by atomic mass is 32.2. The monoisotopic (exact) mass is 263 g/mol. The summed E-state index contributed by atoms with van der Waals surface area (Å²) in [4.78, 5) is 0.873. The molecule has 4 heteroatoms. The number of nitrogens with two attached hydrogens (primary N) is 1. The summed E-state index contributed by atoms with van der Waals surface area (Å²) in [5, 5.41) is 0. The van der Waals surface area contributed by atoms with E-state index in [-0.39, 0.29) is 11.5 Å². The van der Waals surface area contributed by atoms with Gasteiger partial charge in [-0.25, -0.2) is 4.39 Å². The molecule has 0 heterocycles. The van der Waals surface area contributed by atoms with Crippen LogP contribution >= 0.6 is 11.8 Å². The molecule has 0 aliphatic heterocycles. The Morgan fingerprint density at radius 3 is 2.50 bits per heavy atom. The molecule has 0 amide bonds. The maximum atomic E-state index is 13.2. The maximum absolute atomic E-state index is 13.2. The number of nitrogen functional groups attached to an aromatic ring is 1. The first kappa shape index (κ1) is 12.8. The summed E-state index contributed by atoms with van der Waals surface area (Å²) in [6.45, 7) is 0. The van der Waals surface area contributed by atoms with Gasteiger partial charge in [0.25, 0.3) is 0 Å². The van der Waals surface area contributed by atoms with Crippen molar-refractivity contribution in [3.05, 3.63) is 53.8 Å². The lowest BCUT2D eigenvalue weighted by Gasteiger charge is -2.05. The van der Waals surface area contributed by atoms with Crippen molar-refractivity contribution < 1.29 is 9.13 Å². The molecule has 94 valence electrons. The second-order valence-electron chi connectivity index (χ2n) is 3.82. The van der Waals surface area contributed by atoms with Crippen LogP contribution in [0.3, 0.4) is 0 Å². The van der Waals surface area contributed by atoms with Crippen LogP contribution in [-0.4, -0.2) is 7.11 Å². The molecule has 0 saturated heterocycles. The number of anilines is 1. The normalized spacial score (nSPS) is 10.3. The van der Waals surface area contributed by atoms with Gasteiger partial charge in [-0.15, -0.1) is 11.8 Å². The molecular formula is C14H14FNOS. The number of rotatable bonds is 4. The van der Waals surface area contributed by atoms with E-state index in [2.05, 4.69) is 0 Å². The fraction of sp³-hybridized carbons (Fsp3) is 0.143. The first-order chi connectivity index (χ1) is 8.69. The molecule has 0 aliphatic rings. The summed E-state index contributed by atoms with van der Waals surface area (Å²) in [6.07, 6.45) is 0. The number of methoxy groups -OCH3 is 1. The van der Waals surface area contributed by atoms with Crippen molar-refractivity contribution in [2.24, 2.45) is 0 Å². The van der Waals surface area contributed by atoms with Gasteiger partial charge in [0.1, 0.15) is 11.6 Å². The van der Waals surface area contributed by atoms with Gasteiger partial charge in [0.05, 0.1) is 12.8 Å². The van der Waals surface area contributed by atoms with E-state index in [1.807, 2.05) is 30.3 Å². The number of halogens is 1. The molecule has 0 saturated carbocycles. The Hall–Kier alpha value is -1.68. The number of benzene rings is 2. The Balaban J connectivity index is 1.99. The van der Waals surface area contributed by atoms with Crippen molar-refractivity contribution in [3.63, 3.8) is 0 Å². The lowest BCUT2D eigenvalue weighted by Crippen LogP contribution is -1.90. The van der Waals surface area contributed by atoms with Gasteiger partial charge in [0.15, 0.2) is 0 Å². The average Bonchev–Trinajstić information content (AvgIpc) is 2.41. The molecule has 0 unspecified atom stereocenters. The molecule has 0 spiro atoms. The van der Waals surface area contributed by atoms with Gasteiger partial charge in [0.2, 0.25) is 0 Å². The zero-order valence-corrected chi connectivity index (χ0v) is 10.8. The van der Waals surface area contributed by atoms with Crippen LogP contribution in [0, 0.1) is 5.82 Å². The summed E-state index contributed by atoms with van der Waals surface area (Å²) in [7, 11) is 1.64. The minimum Gasteiger partial charge on any atom is -0.497 e. The Morgan fingerprint density at radius 2 is 1.89 bits per heavy atom. The van der Waals surface area contributed by atoms with E-state index in [9.17, 15) is 4.39 Å². The molecule has 18 heavy (non-hydrogen) atoms. The standard InChI is InChI=1S/C14H14FNOS/c1-17-11-4-2-10(3-5-11)9-18-12-6-7-14(16)13(15)8-12/h2-8H,9,16H2,1H3. The molecular weight excluding hydrogens is 249 g/mol. The van der Waals surface area contributed by atoms with Crippen LogP contribution in [0.15, 0.2) is 47.4 Å². The van der Waals surface area contributed by atoms with E-state index in [0.717, 1.165) is 22.0 Å². The Labute approximate surface area is 110 Å². The second kappa shape index (κ2) is 5.78. The van der Waals surface area contributed by atoms with Crippen molar-refractivity contribution in [1.29, 1.82) is 0 Å². The van der Waals surface area contributed by atoms with E-state index in [0.29, 0.717) is 0 Å². The molecule has 0 aliphatic carbocycles. The summed E-state index contributed by atoms with van der Waals surface area (Å²) < 4.78 is 18.3. The van der Waals surface area contributed by atoms with Gasteiger partial charge >= 0.3 is 0 Å². The molecule has 2 aromatic rings. The van der Waals surface area contributed by atoms with E-state index in [1.165, 1.54) is 6.07 Å². The Morgan fingerprint density at radius 1 is 1.17 bits per heavy atom. The van der Waals surface area contributed by atoms with Crippen molar-refractivity contribution in [2.45, 2.75) is 10.6 Å². The van der Waals surface area contributed by atoms with E-state index < -0.39 is 0 Å². The zero-order valence-electron chi connectivity index (χ0n) is 10.0. The predicted molar refractivity (Wildman–Crippen MR) is 73.4 cm³/mol. The Kier molecular flexibility index (Phi) is 4.10. The van der Waals surface area contributed by atoms with Gasteiger partial charge in [-0.3, -0.25) is 0 Å². The summed E-state index contributed by atoms with van der Waals surface area (Å²) in [5.74, 6) is 1.25. The van der Waals surface area contributed by atoms with Gasteiger partial charge < -0.3 is 10.5 Å². The van der Waals surface area contributed by atoms with Gasteiger partial charge in [0, 0.05) is 10.6 Å². The van der Waals surface area contributed by atoms with Crippen LogP contribution in [0.5, 0.6) is 5.75 Å². The summed E-state index contributed by atoms with van der Waals surface area (Å²) >= 11 is 1.57. The molecule has 0 radical (unpaired) electrons. The number of ether oxygens (including phenoxy) is 1. The highest BCUT2D eigenvalue weighted by Gasteiger charge is 2.01. The highest BCUT2D eigenvalue weighted by molar-refractivity contribution is 7.98. The van der Waals surface area contributed by atoms with Crippen LogP contribution in [0.2, 0.25) is 0 Å². The zero-order chi connectivity index (χ0) is 13.0. The Bertz CT molecular complexity index is 528. The average molecular weight is 263 g/mol. The minimum absolute atomic E-state index is 0.184. The molecule has 2 N–H and O–H groups in total. The number of hydrogen-bond acceptors (Lipinski definition) is 3. The van der Waals surface area contributed by atoms with Crippen LogP contribution in [-0.2, 0) is 5.75 Å². The molecule has 0 fully saturated rings. The molecule has 2 aromatic carbocycles. The third-order valence-corrected chi connectivity index (χ3v) is 3.60. The van der Waals surface area contributed by atoms with Crippen molar-refractivity contribution in [1.82, 2.24) is 0 Å². The second-order valence-corrected chi connectivity index (χ2v) is 4.87. The fourth-order valence-electron chi connectivity index (χ4n) is 1.49. The fourth-order valence-corrected chi connectivity index (χ4v) is 2.36. The molecule has 0 aromatic heterocycles. The SMILES string of the molecule is COc1ccc(CSc2ccc(N)c(F)c2)cc1. The van der Waals surface area contributed by atoms with Gasteiger partial charge in [-0.2, -0.15) is 0 Å². The van der Waals surface area contributed by atoms with Crippen LogP contribution < -0.4 is 10.5 Å². The topological polar surface area (TPSA) is 35.2 Å². The van der Waals surface area contributed by atoms with Crippen molar-refractivity contribution in [3.8, 4) is 5.75 Å². The highest BCUT2D eigenvalue weighted by Crippen LogP contribution is 2.26. The summed E-state index contributed by atoms with van der Waals surface area (Å²) in [6, 6.07) is 12.7. The maximum Gasteiger partial charge on any atom is 0.147 e. The molecule has 0 bridgehead atoms. The van der Waals surface area contributed by atoms with Crippen LogP contribution in [0.4, 0.5) is 10.1 Å². The van der Waals surface area contributed by atoms with E-state index in [1.54, 1.807) is 24.9 Å². The van der Waals surface area contributed by atoms with Crippen molar-refractivity contribution >= 4 is 17.4 Å². The smallest absolute Gasteiger partial charge is 0.147 e. The predicted octanol–water partition coefficient (Wildman–Crippen LogP) is 3.71. The molecule has 0 atom stereocenters. The minimum atomic E-state index is -0.366. The third-order valence-electron chi connectivity index (χ3n) is 2.54. The van der Waals surface area contributed by atoms with Crippen molar-refractivity contribution in [2.75, 3.05) is 12.8 Å². The number of thioether (sulfide) groups is 1. The third kappa shape index (κ3) is 3.17. The lowest BCUT2D eigenvalue weighted by molar-refractivity contribution is 0.414. The lowest BCUT2D eigenvalue weighted by atomic mass is 10.2. The van der Waals surface area contributed by atoms with Gasteiger partial charge in [-0.1, -0.05) is 12.1 Å². The largest absolute Gasteiger partial charge is 0.497 e. The molecule has 2 rings (SSSR count). The first-order valence-electron chi connectivity index (χ1n) is 5.50.